The van der Waals surface area contributed by atoms with Gasteiger partial charge in [0.1, 0.15) is 5.75 Å². The standard InChI is InChI=1S/C14H21N2O3P.C2H6/c1-18-12-6-7-13-14(10-12)16(11-15-13)8-4-3-5-9-19-20(2)17;1-2/h6-7,10-11,17H,3-5,8-9H2,1-2H3;1-2H3. The van der Waals surface area contributed by atoms with Gasteiger partial charge in [0.05, 0.1) is 31.1 Å². The molecular weight excluding hydrogens is 299 g/mol. The number of methoxy groups -OCH3 is 1. The maximum Gasteiger partial charge on any atom is 0.164 e. The number of hydrogen-bond acceptors (Lipinski definition) is 4. The Kier molecular flexibility index (Phi) is 9.05. The van der Waals surface area contributed by atoms with Crippen LogP contribution in [0.3, 0.4) is 0 Å². The minimum atomic E-state index is -1.22. The molecule has 0 amide bonds. The average molecular weight is 326 g/mol. The number of fused-ring (bicyclic) bond motifs is 1. The van der Waals surface area contributed by atoms with Crippen molar-refractivity contribution in [3.63, 3.8) is 0 Å². The molecule has 0 spiro atoms. The topological polar surface area (TPSA) is 56.5 Å². The normalized spacial score (nSPS) is 11.9. The molecule has 2 rings (SSSR count). The summed E-state index contributed by atoms with van der Waals surface area (Å²) in [5.41, 5.74) is 2.10. The van der Waals surface area contributed by atoms with Crippen LogP contribution in [0.2, 0.25) is 0 Å². The van der Waals surface area contributed by atoms with Crippen molar-refractivity contribution in [1.82, 2.24) is 9.55 Å². The first kappa shape index (κ1) is 18.9. The molecule has 0 aliphatic rings. The SMILES string of the molecule is CC.COc1ccc2ncn(CCCCCOP(C)O)c2c1. The third-order valence-corrected chi connectivity index (χ3v) is 3.71. The van der Waals surface area contributed by atoms with Crippen molar-refractivity contribution in [3.05, 3.63) is 24.5 Å². The summed E-state index contributed by atoms with van der Waals surface area (Å²) >= 11 is 0. The average Bonchev–Trinajstić information content (AvgIpc) is 2.94. The first-order valence-electron chi connectivity index (χ1n) is 7.75. The molecule has 1 atom stereocenters. The minimum absolute atomic E-state index is 0.636. The van der Waals surface area contributed by atoms with E-state index in [1.54, 1.807) is 13.8 Å². The van der Waals surface area contributed by atoms with Crippen LogP contribution in [-0.2, 0) is 11.1 Å². The summed E-state index contributed by atoms with van der Waals surface area (Å²) in [6.07, 6.45) is 4.99. The van der Waals surface area contributed by atoms with Crippen LogP contribution in [0.15, 0.2) is 24.5 Å². The molecule has 6 heteroatoms. The maximum atomic E-state index is 9.05. The zero-order chi connectivity index (χ0) is 16.4. The molecule has 124 valence electrons. The van der Waals surface area contributed by atoms with Gasteiger partial charge in [0.15, 0.2) is 8.38 Å². The molecule has 0 saturated carbocycles. The van der Waals surface area contributed by atoms with E-state index in [1.165, 1.54) is 0 Å². The highest BCUT2D eigenvalue weighted by atomic mass is 31.2. The molecule has 0 aliphatic carbocycles. The van der Waals surface area contributed by atoms with Crippen LogP contribution in [-0.4, -0.2) is 34.8 Å². The van der Waals surface area contributed by atoms with Crippen molar-refractivity contribution in [2.75, 3.05) is 20.4 Å². The van der Waals surface area contributed by atoms with Crippen LogP contribution in [0.1, 0.15) is 33.1 Å². The quantitative estimate of drug-likeness (QED) is 0.584. The second kappa shape index (κ2) is 10.5. The fourth-order valence-electron chi connectivity index (χ4n) is 2.10. The predicted molar refractivity (Wildman–Crippen MR) is 92.5 cm³/mol. The van der Waals surface area contributed by atoms with Gasteiger partial charge in [-0.15, -0.1) is 0 Å². The number of aromatic nitrogens is 2. The van der Waals surface area contributed by atoms with Gasteiger partial charge in [0.2, 0.25) is 0 Å². The fraction of sp³-hybridized carbons (Fsp3) is 0.562. The monoisotopic (exact) mass is 326 g/mol. The number of hydrogen-bond donors (Lipinski definition) is 1. The molecule has 1 unspecified atom stereocenters. The Hall–Kier alpha value is -1.16. The summed E-state index contributed by atoms with van der Waals surface area (Å²) in [4.78, 5) is 13.4. The fourth-order valence-corrected chi connectivity index (χ4v) is 2.49. The third kappa shape index (κ3) is 5.91. The lowest BCUT2D eigenvalue weighted by Crippen LogP contribution is -1.97. The van der Waals surface area contributed by atoms with E-state index in [2.05, 4.69) is 9.55 Å². The summed E-state index contributed by atoms with van der Waals surface area (Å²) in [6, 6.07) is 5.92. The number of rotatable bonds is 8. The van der Waals surface area contributed by atoms with Crippen LogP contribution in [0.25, 0.3) is 11.0 Å². The Labute approximate surface area is 134 Å². The number of unbranched alkanes of at least 4 members (excludes halogenated alkanes) is 2. The molecule has 0 aliphatic heterocycles. The van der Waals surface area contributed by atoms with Gasteiger partial charge < -0.3 is 18.7 Å². The summed E-state index contributed by atoms with van der Waals surface area (Å²) in [7, 11) is 0.456. The minimum Gasteiger partial charge on any atom is -0.497 e. The van der Waals surface area contributed by atoms with Crippen LogP contribution >= 0.6 is 8.38 Å². The van der Waals surface area contributed by atoms with Gasteiger partial charge in [-0.2, -0.15) is 0 Å². The number of imidazole rings is 1. The lowest BCUT2D eigenvalue weighted by molar-refractivity contribution is 0.301. The molecule has 1 heterocycles. The molecule has 2 aromatic rings. The third-order valence-electron chi connectivity index (χ3n) is 3.15. The zero-order valence-corrected chi connectivity index (χ0v) is 14.8. The zero-order valence-electron chi connectivity index (χ0n) is 14.0. The van der Waals surface area contributed by atoms with Gasteiger partial charge in [-0.3, -0.25) is 0 Å². The Bertz CT molecular complexity index is 543. The summed E-state index contributed by atoms with van der Waals surface area (Å²) in [5.74, 6) is 0.854. The largest absolute Gasteiger partial charge is 0.497 e. The van der Waals surface area contributed by atoms with E-state index in [0.717, 1.165) is 42.6 Å². The van der Waals surface area contributed by atoms with Gasteiger partial charge in [-0.25, -0.2) is 4.98 Å². The summed E-state index contributed by atoms with van der Waals surface area (Å²) in [6.45, 7) is 7.27. The highest BCUT2D eigenvalue weighted by Gasteiger charge is 2.04. The molecule has 5 nitrogen and oxygen atoms in total. The van der Waals surface area contributed by atoms with Gasteiger partial charge >= 0.3 is 0 Å². The van der Waals surface area contributed by atoms with E-state index in [4.69, 9.17) is 14.2 Å². The van der Waals surface area contributed by atoms with Crippen molar-refractivity contribution in [2.45, 2.75) is 39.7 Å². The second-order valence-electron chi connectivity index (χ2n) is 4.65. The van der Waals surface area contributed by atoms with Crippen molar-refractivity contribution >= 4 is 19.4 Å². The molecule has 0 bridgehead atoms. The molecule has 1 aromatic carbocycles. The predicted octanol–water partition coefficient (Wildman–Crippen LogP) is 4.19. The van der Waals surface area contributed by atoms with Crippen LogP contribution in [0.4, 0.5) is 0 Å². The van der Waals surface area contributed by atoms with Crippen molar-refractivity contribution in [2.24, 2.45) is 0 Å². The van der Waals surface area contributed by atoms with Gasteiger partial charge in [0, 0.05) is 19.3 Å². The van der Waals surface area contributed by atoms with Crippen molar-refractivity contribution in [3.8, 4) is 5.75 Å². The lowest BCUT2D eigenvalue weighted by Gasteiger charge is -2.07. The molecular formula is C16H27N2O3P. The van der Waals surface area contributed by atoms with Gasteiger partial charge in [-0.05, 0) is 31.4 Å². The van der Waals surface area contributed by atoms with Crippen LogP contribution < -0.4 is 4.74 Å². The van der Waals surface area contributed by atoms with Crippen LogP contribution in [0.5, 0.6) is 5.75 Å². The number of aryl methyl sites for hydroxylation is 1. The van der Waals surface area contributed by atoms with E-state index in [9.17, 15) is 0 Å². The van der Waals surface area contributed by atoms with Crippen molar-refractivity contribution < 1.29 is 14.2 Å². The number of nitrogens with zero attached hydrogens (tertiary/aromatic N) is 2. The van der Waals surface area contributed by atoms with E-state index in [1.807, 2.05) is 38.4 Å². The summed E-state index contributed by atoms with van der Waals surface area (Å²) < 4.78 is 12.6. The summed E-state index contributed by atoms with van der Waals surface area (Å²) in [5, 5.41) is 0. The number of benzene rings is 1. The second-order valence-corrected chi connectivity index (χ2v) is 5.84. The smallest absolute Gasteiger partial charge is 0.164 e. The molecule has 0 fully saturated rings. The lowest BCUT2D eigenvalue weighted by atomic mass is 10.2. The Balaban J connectivity index is 0.00000116. The highest BCUT2D eigenvalue weighted by Crippen LogP contribution is 2.25. The van der Waals surface area contributed by atoms with E-state index < -0.39 is 8.38 Å². The molecule has 22 heavy (non-hydrogen) atoms. The van der Waals surface area contributed by atoms with Crippen LogP contribution in [0, 0.1) is 0 Å². The molecule has 1 aromatic heterocycles. The van der Waals surface area contributed by atoms with Crippen molar-refractivity contribution in [1.29, 1.82) is 0 Å². The maximum absolute atomic E-state index is 9.05. The first-order valence-corrected chi connectivity index (χ1v) is 9.41. The Morgan fingerprint density at radius 2 is 2.00 bits per heavy atom. The van der Waals surface area contributed by atoms with Gasteiger partial charge in [0.25, 0.3) is 0 Å². The highest BCUT2D eigenvalue weighted by molar-refractivity contribution is 7.45. The Morgan fingerprint density at radius 3 is 2.68 bits per heavy atom. The molecule has 0 saturated heterocycles. The van der Waals surface area contributed by atoms with E-state index in [-0.39, 0.29) is 0 Å². The van der Waals surface area contributed by atoms with Gasteiger partial charge in [-0.1, -0.05) is 13.8 Å². The molecule has 1 N–H and O–H groups in total. The number of ether oxygens (including phenoxy) is 1. The van der Waals surface area contributed by atoms with E-state index in [0.29, 0.717) is 6.61 Å². The molecule has 0 radical (unpaired) electrons. The first-order chi connectivity index (χ1) is 10.7. The van der Waals surface area contributed by atoms with E-state index >= 15 is 0 Å². The Morgan fingerprint density at radius 1 is 1.23 bits per heavy atom.